The monoisotopic (exact) mass is 643 g/mol. The Morgan fingerprint density at radius 3 is 2.21 bits per heavy atom. The van der Waals surface area contributed by atoms with Crippen molar-refractivity contribution in [3.05, 3.63) is 108 Å². The number of para-hydroxylation sites is 1. The molecule has 1 fully saturated rings. The summed E-state index contributed by atoms with van der Waals surface area (Å²) in [6, 6.07) is 28.6. The zero-order valence-corrected chi connectivity index (χ0v) is 26.8. The van der Waals surface area contributed by atoms with Crippen LogP contribution < -0.4 is 19.1 Å². The highest BCUT2D eigenvalue weighted by Crippen LogP contribution is 2.49. The fourth-order valence-electron chi connectivity index (χ4n) is 5.87. The van der Waals surface area contributed by atoms with Crippen LogP contribution in [0, 0.1) is 0 Å². The number of carbonyl (C=O) groups excluding carboxylic acids is 1. The van der Waals surface area contributed by atoms with E-state index in [0.29, 0.717) is 47.6 Å². The molecule has 0 unspecified atom stereocenters. The number of likely N-dealkylation sites (tertiary alicyclic amines) is 1. The van der Waals surface area contributed by atoms with Crippen molar-refractivity contribution in [3.63, 3.8) is 0 Å². The zero-order valence-electron chi connectivity index (χ0n) is 26.8. The smallest absolute Gasteiger partial charge is 0.410 e. The highest BCUT2D eigenvalue weighted by atomic mass is 19.3. The van der Waals surface area contributed by atoms with Crippen molar-refractivity contribution in [2.45, 2.75) is 57.8 Å². The molecule has 1 saturated heterocycles. The van der Waals surface area contributed by atoms with E-state index in [1.54, 1.807) is 39.0 Å². The van der Waals surface area contributed by atoms with Gasteiger partial charge in [0.05, 0.1) is 24.7 Å². The summed E-state index contributed by atoms with van der Waals surface area (Å²) >= 11 is 0. The van der Waals surface area contributed by atoms with Crippen molar-refractivity contribution in [3.8, 4) is 17.5 Å². The second-order valence-corrected chi connectivity index (χ2v) is 12.7. The first-order valence-electron chi connectivity index (χ1n) is 15.8. The molecule has 10 heteroatoms. The summed E-state index contributed by atoms with van der Waals surface area (Å²) in [5.74, 6) is -3.18. The quantitative estimate of drug-likeness (QED) is 0.192. The Morgan fingerprint density at radius 2 is 1.55 bits per heavy atom. The number of anilines is 2. The normalized spacial score (nSPS) is 17.3. The van der Waals surface area contributed by atoms with Gasteiger partial charge >= 0.3 is 6.09 Å². The molecular weight excluding hydrogens is 604 g/mol. The van der Waals surface area contributed by atoms with Crippen LogP contribution >= 0.6 is 0 Å². The zero-order chi connectivity index (χ0) is 33.0. The van der Waals surface area contributed by atoms with Gasteiger partial charge in [0.1, 0.15) is 36.9 Å². The fraction of sp³-hybridized carbons (Fsp3) is 0.351. The molecule has 47 heavy (non-hydrogen) atoms. The highest BCUT2D eigenvalue weighted by molar-refractivity contribution is 5.75. The van der Waals surface area contributed by atoms with Crippen LogP contribution in [0.1, 0.15) is 49.8 Å². The van der Waals surface area contributed by atoms with Crippen molar-refractivity contribution in [2.24, 2.45) is 0 Å². The van der Waals surface area contributed by atoms with Crippen LogP contribution in [-0.4, -0.2) is 53.7 Å². The molecule has 0 radical (unpaired) electrons. The molecule has 2 aliphatic rings. The van der Waals surface area contributed by atoms with E-state index in [4.69, 9.17) is 23.9 Å². The predicted molar refractivity (Wildman–Crippen MR) is 175 cm³/mol. The number of nitrogens with zero attached hydrogens (tertiary/aromatic N) is 3. The van der Waals surface area contributed by atoms with Crippen LogP contribution in [0.2, 0.25) is 0 Å². The van der Waals surface area contributed by atoms with E-state index in [1.807, 2.05) is 77.7 Å². The Hall–Kier alpha value is -4.86. The number of aromatic nitrogens is 1. The molecule has 0 aliphatic carbocycles. The lowest BCUT2D eigenvalue weighted by atomic mass is 9.85. The average molecular weight is 644 g/mol. The molecule has 3 heterocycles. The first kappa shape index (κ1) is 32.1. The van der Waals surface area contributed by atoms with Gasteiger partial charge in [-0.05, 0) is 50.5 Å². The minimum atomic E-state index is -3.20. The number of benzene rings is 3. The fourth-order valence-corrected chi connectivity index (χ4v) is 5.87. The van der Waals surface area contributed by atoms with Gasteiger partial charge in [-0.15, -0.1) is 0 Å². The summed E-state index contributed by atoms with van der Waals surface area (Å²) in [5.41, 5.74) is 2.92. The molecule has 1 aromatic heterocycles. The van der Waals surface area contributed by atoms with E-state index in [-0.39, 0.29) is 26.2 Å². The number of amides is 1. The Morgan fingerprint density at radius 1 is 0.872 bits per heavy atom. The van der Waals surface area contributed by atoms with Crippen LogP contribution in [0.5, 0.6) is 17.5 Å². The van der Waals surface area contributed by atoms with E-state index in [0.717, 1.165) is 16.0 Å². The summed E-state index contributed by atoms with van der Waals surface area (Å²) in [4.78, 5) is 20.4. The molecule has 3 aromatic carbocycles. The molecule has 0 bridgehead atoms. The second kappa shape index (κ2) is 13.5. The maximum atomic E-state index is 15.8. The molecular formula is C37H39F2N3O5. The van der Waals surface area contributed by atoms with E-state index in [1.165, 1.54) is 0 Å². The summed E-state index contributed by atoms with van der Waals surface area (Å²) < 4.78 is 55.4. The standard InChI is InChI=1S/C37H39F2N3O5/c1-36(2,3)47-35(43)41-20-19-29(37(38,39)25-41)28-15-10-16-30-33(28)44-22-21-42(30)31-17-18-32(45-23-26-11-6-4-7-12-26)40-34(31)46-24-27-13-8-5-9-14-27/h4-18,29H,19-25H2,1-3H3/t29-/m0/s1. The number of carbonyl (C=O) groups is 1. The number of alkyl halides is 2. The number of rotatable bonds is 8. The Bertz CT molecular complexity index is 1680. The second-order valence-electron chi connectivity index (χ2n) is 12.7. The summed E-state index contributed by atoms with van der Waals surface area (Å²) in [7, 11) is 0. The van der Waals surface area contributed by atoms with Crippen molar-refractivity contribution in [1.82, 2.24) is 9.88 Å². The first-order chi connectivity index (χ1) is 22.6. The highest BCUT2D eigenvalue weighted by Gasteiger charge is 2.49. The van der Waals surface area contributed by atoms with Gasteiger partial charge in [0.15, 0.2) is 0 Å². The maximum Gasteiger partial charge on any atom is 0.410 e. The number of ether oxygens (including phenoxy) is 4. The van der Waals surface area contributed by atoms with Crippen molar-refractivity contribution in [2.75, 3.05) is 31.1 Å². The summed E-state index contributed by atoms with van der Waals surface area (Å²) in [5, 5.41) is 0. The third-order valence-corrected chi connectivity index (χ3v) is 8.06. The lowest BCUT2D eigenvalue weighted by Gasteiger charge is -2.40. The summed E-state index contributed by atoms with van der Waals surface area (Å²) in [6.07, 6.45) is -0.674. The van der Waals surface area contributed by atoms with Crippen LogP contribution in [0.25, 0.3) is 0 Å². The van der Waals surface area contributed by atoms with Crippen LogP contribution in [0.15, 0.2) is 91.0 Å². The topological polar surface area (TPSA) is 73.4 Å². The van der Waals surface area contributed by atoms with Crippen LogP contribution in [0.4, 0.5) is 25.0 Å². The number of piperidine rings is 1. The van der Waals surface area contributed by atoms with E-state index >= 15 is 8.78 Å². The van der Waals surface area contributed by atoms with E-state index in [9.17, 15) is 4.79 Å². The van der Waals surface area contributed by atoms with Gasteiger partial charge in [-0.25, -0.2) is 13.6 Å². The molecule has 1 amide bonds. The van der Waals surface area contributed by atoms with E-state index < -0.39 is 30.1 Å². The Labute approximate surface area is 273 Å². The number of pyridine rings is 1. The summed E-state index contributed by atoms with van der Waals surface area (Å²) in [6.45, 7) is 5.92. The lowest BCUT2D eigenvalue weighted by molar-refractivity contribution is -0.0853. The van der Waals surface area contributed by atoms with Crippen molar-refractivity contribution < 1.29 is 32.5 Å². The number of fused-ring (bicyclic) bond motifs is 1. The molecule has 0 saturated carbocycles. The molecule has 8 nitrogen and oxygen atoms in total. The SMILES string of the molecule is CC(C)(C)OC(=O)N1CC[C@@H](c2cccc3c2OCCN3c2ccc(OCc3ccccc3)nc2OCc2ccccc2)C(F)(F)C1. The molecule has 246 valence electrons. The number of hydrogen-bond donors (Lipinski definition) is 0. The predicted octanol–water partition coefficient (Wildman–Crippen LogP) is 8.13. The Kier molecular flexibility index (Phi) is 9.20. The average Bonchev–Trinajstić information content (AvgIpc) is 3.06. The maximum absolute atomic E-state index is 15.8. The largest absolute Gasteiger partial charge is 0.489 e. The van der Waals surface area contributed by atoms with Gasteiger partial charge in [-0.1, -0.05) is 72.8 Å². The first-order valence-corrected chi connectivity index (χ1v) is 15.8. The molecule has 4 aromatic rings. The molecule has 2 aliphatic heterocycles. The van der Waals surface area contributed by atoms with E-state index in [2.05, 4.69) is 0 Å². The van der Waals surface area contributed by atoms with Gasteiger partial charge < -0.3 is 28.7 Å². The number of halogens is 2. The third kappa shape index (κ3) is 7.59. The van der Waals surface area contributed by atoms with Crippen LogP contribution in [-0.2, 0) is 18.0 Å². The van der Waals surface area contributed by atoms with Gasteiger partial charge in [-0.3, -0.25) is 0 Å². The van der Waals surface area contributed by atoms with Gasteiger partial charge in [0, 0.05) is 18.2 Å². The molecule has 6 rings (SSSR count). The number of hydrogen-bond acceptors (Lipinski definition) is 7. The van der Waals surface area contributed by atoms with Gasteiger partial charge in [0.25, 0.3) is 5.92 Å². The van der Waals surface area contributed by atoms with Gasteiger partial charge in [0.2, 0.25) is 11.8 Å². The third-order valence-electron chi connectivity index (χ3n) is 8.06. The lowest BCUT2D eigenvalue weighted by Crippen LogP contribution is -2.51. The van der Waals surface area contributed by atoms with Crippen molar-refractivity contribution >= 4 is 17.5 Å². The molecule has 0 spiro atoms. The minimum Gasteiger partial charge on any atom is -0.489 e. The molecule has 0 N–H and O–H groups in total. The van der Waals surface area contributed by atoms with Gasteiger partial charge in [-0.2, -0.15) is 4.98 Å². The van der Waals surface area contributed by atoms with Crippen molar-refractivity contribution in [1.29, 1.82) is 0 Å². The minimum absolute atomic E-state index is 0.0620. The molecule has 1 atom stereocenters. The Balaban J connectivity index is 1.28. The van der Waals surface area contributed by atoms with Crippen LogP contribution in [0.3, 0.4) is 0 Å².